The van der Waals surface area contributed by atoms with Gasteiger partial charge in [-0.1, -0.05) is 83.0 Å². The predicted molar refractivity (Wildman–Crippen MR) is 109 cm³/mol. The molecule has 1 rings (SSSR count). The van der Waals surface area contributed by atoms with Crippen molar-refractivity contribution in [3.8, 4) is 0 Å². The highest BCUT2D eigenvalue weighted by atomic mass is 32.1. The van der Waals surface area contributed by atoms with Crippen LogP contribution in [0.2, 0.25) is 0 Å². The van der Waals surface area contributed by atoms with Gasteiger partial charge in [0.2, 0.25) is 0 Å². The van der Waals surface area contributed by atoms with E-state index in [2.05, 4.69) is 45.9 Å². The lowest BCUT2D eigenvalue weighted by Crippen LogP contribution is -2.12. The van der Waals surface area contributed by atoms with Gasteiger partial charge in [0, 0.05) is 0 Å². The maximum atomic E-state index is 5.73. The van der Waals surface area contributed by atoms with Crippen molar-refractivity contribution >= 4 is 17.1 Å². The van der Waals surface area contributed by atoms with Crippen molar-refractivity contribution in [2.75, 3.05) is 0 Å². The van der Waals surface area contributed by atoms with Gasteiger partial charge in [0.05, 0.1) is 0 Å². The van der Waals surface area contributed by atoms with Crippen molar-refractivity contribution in [2.24, 2.45) is 17.8 Å². The molecule has 0 saturated carbocycles. The molecule has 2 unspecified atom stereocenters. The summed E-state index contributed by atoms with van der Waals surface area (Å²) in [6.07, 6.45) is 19.6. The van der Waals surface area contributed by atoms with Gasteiger partial charge in [-0.05, 0) is 67.6 Å². The standard InChI is InChI=1S/C22H38S/c1-5-9-19(4)12-13-21(16-18(2)3)17-22(23)15-14-20-10-7-6-8-11-20/h7,10-11,18-19,21H,5-6,8-9,12-17H2,1-4H3. The zero-order valence-electron chi connectivity index (χ0n) is 15.9. The second-order valence-electron chi connectivity index (χ2n) is 7.97. The third-order valence-corrected chi connectivity index (χ3v) is 5.31. The van der Waals surface area contributed by atoms with Gasteiger partial charge in [-0.15, -0.1) is 0 Å². The minimum absolute atomic E-state index is 0.785. The van der Waals surface area contributed by atoms with E-state index in [9.17, 15) is 0 Å². The molecule has 0 radical (unpaired) electrons. The quantitative estimate of drug-likeness (QED) is 0.330. The Morgan fingerprint density at radius 1 is 1.13 bits per heavy atom. The summed E-state index contributed by atoms with van der Waals surface area (Å²) in [5.41, 5.74) is 1.50. The van der Waals surface area contributed by atoms with Gasteiger partial charge in [0.1, 0.15) is 0 Å². The van der Waals surface area contributed by atoms with Gasteiger partial charge in [-0.2, -0.15) is 0 Å². The molecule has 132 valence electrons. The van der Waals surface area contributed by atoms with Gasteiger partial charge in [0.25, 0.3) is 0 Å². The van der Waals surface area contributed by atoms with Gasteiger partial charge in [-0.25, -0.2) is 0 Å². The summed E-state index contributed by atoms with van der Waals surface area (Å²) < 4.78 is 0. The lowest BCUT2D eigenvalue weighted by molar-refractivity contribution is 0.349. The van der Waals surface area contributed by atoms with E-state index in [4.69, 9.17) is 12.2 Å². The molecule has 1 aliphatic rings. The summed E-state index contributed by atoms with van der Waals surface area (Å²) in [4.78, 5) is 1.30. The van der Waals surface area contributed by atoms with Gasteiger partial charge >= 0.3 is 0 Å². The summed E-state index contributed by atoms with van der Waals surface area (Å²) in [7, 11) is 0. The summed E-state index contributed by atoms with van der Waals surface area (Å²) >= 11 is 5.73. The molecule has 0 aliphatic heterocycles. The third-order valence-electron chi connectivity index (χ3n) is 4.93. The van der Waals surface area contributed by atoms with E-state index in [-0.39, 0.29) is 0 Å². The Balaban J connectivity index is 2.37. The molecule has 0 N–H and O–H groups in total. The molecule has 0 saturated heterocycles. The zero-order valence-corrected chi connectivity index (χ0v) is 16.8. The number of hydrogen-bond acceptors (Lipinski definition) is 1. The van der Waals surface area contributed by atoms with E-state index in [1.54, 1.807) is 0 Å². The summed E-state index contributed by atoms with van der Waals surface area (Å²) in [5.74, 6) is 2.46. The fourth-order valence-electron chi connectivity index (χ4n) is 3.69. The maximum Gasteiger partial charge on any atom is -0.00654 e. The van der Waals surface area contributed by atoms with Gasteiger partial charge < -0.3 is 0 Å². The number of rotatable bonds is 12. The van der Waals surface area contributed by atoms with Crippen LogP contribution in [0, 0.1) is 17.8 Å². The van der Waals surface area contributed by atoms with E-state index in [1.165, 1.54) is 61.8 Å². The van der Waals surface area contributed by atoms with Crippen LogP contribution < -0.4 is 0 Å². The molecule has 0 aromatic carbocycles. The maximum absolute atomic E-state index is 5.73. The fraction of sp³-hybridized carbons (Fsp3) is 0.773. The average molecular weight is 335 g/mol. The molecular weight excluding hydrogens is 296 g/mol. The van der Waals surface area contributed by atoms with Crippen LogP contribution in [0.4, 0.5) is 0 Å². The smallest absolute Gasteiger partial charge is 0.00654 e. The molecule has 0 aromatic heterocycles. The second-order valence-corrected chi connectivity index (χ2v) is 8.55. The first-order chi connectivity index (χ1) is 11.0. The van der Waals surface area contributed by atoms with Crippen LogP contribution in [0.3, 0.4) is 0 Å². The van der Waals surface area contributed by atoms with Gasteiger partial charge in [-0.3, -0.25) is 0 Å². The molecule has 0 fully saturated rings. The van der Waals surface area contributed by atoms with Crippen molar-refractivity contribution in [2.45, 2.75) is 91.9 Å². The summed E-state index contributed by atoms with van der Waals surface area (Å²) in [6.45, 7) is 9.41. The SMILES string of the molecule is CCCC(C)CCC(CC(=S)CCC1=CCCC=C1)CC(C)C. The highest BCUT2D eigenvalue weighted by Crippen LogP contribution is 2.26. The van der Waals surface area contributed by atoms with Crippen LogP contribution in [-0.2, 0) is 0 Å². The van der Waals surface area contributed by atoms with Gasteiger partial charge in [0.15, 0.2) is 0 Å². The van der Waals surface area contributed by atoms with Crippen LogP contribution in [-0.4, -0.2) is 4.86 Å². The Morgan fingerprint density at radius 2 is 1.91 bits per heavy atom. The Kier molecular flexibility index (Phi) is 10.8. The third kappa shape index (κ3) is 10.1. The molecule has 23 heavy (non-hydrogen) atoms. The number of hydrogen-bond donors (Lipinski definition) is 0. The molecule has 0 amide bonds. The van der Waals surface area contributed by atoms with E-state index in [1.807, 2.05) is 0 Å². The lowest BCUT2D eigenvalue weighted by Gasteiger charge is -2.21. The van der Waals surface area contributed by atoms with E-state index in [0.29, 0.717) is 0 Å². The minimum atomic E-state index is 0.785. The molecule has 0 nitrogen and oxygen atoms in total. The van der Waals surface area contributed by atoms with Crippen LogP contribution >= 0.6 is 12.2 Å². The fourth-order valence-corrected chi connectivity index (χ4v) is 4.03. The number of thiocarbonyl (C=S) groups is 1. The minimum Gasteiger partial charge on any atom is -0.0897 e. The van der Waals surface area contributed by atoms with E-state index in [0.717, 1.165) is 30.6 Å². The Hall–Kier alpha value is -0.430. The largest absolute Gasteiger partial charge is 0.0897 e. The molecular formula is C22H38S. The summed E-state index contributed by atoms with van der Waals surface area (Å²) in [5, 5.41) is 0. The first-order valence-electron chi connectivity index (χ1n) is 9.88. The Morgan fingerprint density at radius 3 is 2.52 bits per heavy atom. The highest BCUT2D eigenvalue weighted by molar-refractivity contribution is 7.80. The molecule has 2 atom stereocenters. The lowest BCUT2D eigenvalue weighted by atomic mass is 9.85. The molecule has 0 bridgehead atoms. The molecule has 0 heterocycles. The van der Waals surface area contributed by atoms with Crippen molar-refractivity contribution in [1.82, 2.24) is 0 Å². The normalized spacial score (nSPS) is 17.2. The van der Waals surface area contributed by atoms with Crippen molar-refractivity contribution in [1.29, 1.82) is 0 Å². The molecule has 1 heteroatoms. The van der Waals surface area contributed by atoms with Crippen LogP contribution in [0.25, 0.3) is 0 Å². The molecule has 0 spiro atoms. The summed E-state index contributed by atoms with van der Waals surface area (Å²) in [6, 6.07) is 0. The molecule has 1 aliphatic carbocycles. The van der Waals surface area contributed by atoms with Crippen molar-refractivity contribution in [3.63, 3.8) is 0 Å². The van der Waals surface area contributed by atoms with E-state index < -0.39 is 0 Å². The predicted octanol–water partition coefficient (Wildman–Crippen LogP) is 7.68. The van der Waals surface area contributed by atoms with Crippen LogP contribution in [0.15, 0.2) is 23.8 Å². The van der Waals surface area contributed by atoms with Crippen LogP contribution in [0.5, 0.6) is 0 Å². The number of allylic oxidation sites excluding steroid dienone is 4. The van der Waals surface area contributed by atoms with Crippen LogP contribution in [0.1, 0.15) is 91.9 Å². The van der Waals surface area contributed by atoms with E-state index >= 15 is 0 Å². The van der Waals surface area contributed by atoms with Crippen molar-refractivity contribution < 1.29 is 0 Å². The van der Waals surface area contributed by atoms with Crippen molar-refractivity contribution in [3.05, 3.63) is 23.8 Å². The molecule has 0 aromatic rings. The Bertz CT molecular complexity index is 389. The zero-order chi connectivity index (χ0) is 17.1. The first-order valence-corrected chi connectivity index (χ1v) is 10.3. The Labute approximate surface area is 150 Å². The highest BCUT2D eigenvalue weighted by Gasteiger charge is 2.15. The average Bonchev–Trinajstić information content (AvgIpc) is 2.51. The topological polar surface area (TPSA) is 0 Å². The monoisotopic (exact) mass is 334 g/mol. The first kappa shape index (κ1) is 20.6. The second kappa shape index (κ2) is 12.0.